The van der Waals surface area contributed by atoms with E-state index in [2.05, 4.69) is 26.3 Å². The van der Waals surface area contributed by atoms with Crippen molar-refractivity contribution in [3.05, 3.63) is 55.8 Å². The van der Waals surface area contributed by atoms with Gasteiger partial charge in [-0.3, -0.25) is 19.6 Å². The lowest BCUT2D eigenvalue weighted by Gasteiger charge is -2.06. The average Bonchev–Trinajstić information content (AvgIpc) is 2.74. The van der Waals surface area contributed by atoms with Crippen molar-refractivity contribution in [2.75, 3.05) is 0 Å². The van der Waals surface area contributed by atoms with Crippen LogP contribution in [0.15, 0.2) is 28.9 Å². The zero-order valence-electron chi connectivity index (χ0n) is 11.5. The van der Waals surface area contributed by atoms with Crippen molar-refractivity contribution in [1.82, 2.24) is 15.1 Å². The number of nitro benzene ring substituents is 1. The molecule has 0 bridgehead atoms. The number of hydrogen-bond acceptors (Lipinski definition) is 4. The van der Waals surface area contributed by atoms with Gasteiger partial charge in [0.1, 0.15) is 0 Å². The number of hydrogen-bond donors (Lipinski definition) is 1. The van der Waals surface area contributed by atoms with E-state index < -0.39 is 4.92 Å². The van der Waals surface area contributed by atoms with Crippen LogP contribution in [0.2, 0.25) is 0 Å². The summed E-state index contributed by atoms with van der Waals surface area (Å²) in [5.41, 5.74) is 1.83. The molecule has 1 heterocycles. The number of nitrogens with zero attached hydrogens (tertiary/aromatic N) is 3. The number of aromatic nitrogens is 2. The third-order valence-electron chi connectivity index (χ3n) is 2.96. The first-order chi connectivity index (χ1) is 9.88. The summed E-state index contributed by atoms with van der Waals surface area (Å²) < 4.78 is 2.17. The van der Waals surface area contributed by atoms with Crippen molar-refractivity contribution in [3.63, 3.8) is 0 Å². The number of nitrogens with one attached hydrogen (secondary N) is 1. The maximum Gasteiger partial charge on any atom is 0.270 e. The topological polar surface area (TPSA) is 90.1 Å². The zero-order chi connectivity index (χ0) is 15.6. The van der Waals surface area contributed by atoms with Crippen LogP contribution in [0.3, 0.4) is 0 Å². The molecule has 0 saturated carbocycles. The molecule has 8 heteroatoms. The number of carbonyl (C=O) groups excluding carboxylic acids is 1. The Morgan fingerprint density at radius 3 is 2.81 bits per heavy atom. The van der Waals surface area contributed by atoms with Crippen LogP contribution in [0.1, 0.15) is 21.6 Å². The quantitative estimate of drug-likeness (QED) is 0.675. The van der Waals surface area contributed by atoms with E-state index in [-0.39, 0.29) is 17.2 Å². The van der Waals surface area contributed by atoms with Crippen LogP contribution < -0.4 is 5.32 Å². The predicted molar refractivity (Wildman–Crippen MR) is 79.9 cm³/mol. The van der Waals surface area contributed by atoms with Crippen molar-refractivity contribution >= 4 is 27.5 Å². The van der Waals surface area contributed by atoms with E-state index in [1.807, 2.05) is 13.1 Å². The maximum absolute atomic E-state index is 12.1. The van der Waals surface area contributed by atoms with Gasteiger partial charge < -0.3 is 5.32 Å². The maximum atomic E-state index is 12.1. The Hall–Kier alpha value is -2.22. The minimum Gasteiger partial charge on any atom is -0.348 e. The number of aryl methyl sites for hydroxylation is 2. The number of amides is 1. The molecule has 0 fully saturated rings. The lowest BCUT2D eigenvalue weighted by Crippen LogP contribution is -2.23. The van der Waals surface area contributed by atoms with Crippen molar-refractivity contribution in [1.29, 1.82) is 0 Å². The van der Waals surface area contributed by atoms with Gasteiger partial charge in [-0.25, -0.2) is 0 Å². The third-order valence-corrected chi connectivity index (χ3v) is 3.65. The lowest BCUT2D eigenvalue weighted by molar-refractivity contribution is -0.384. The number of halogens is 1. The second kappa shape index (κ2) is 6.04. The van der Waals surface area contributed by atoms with Gasteiger partial charge in [0.15, 0.2) is 0 Å². The molecule has 0 aliphatic heterocycles. The summed E-state index contributed by atoms with van der Waals surface area (Å²) in [6.07, 6.45) is 1.82. The molecule has 21 heavy (non-hydrogen) atoms. The largest absolute Gasteiger partial charge is 0.348 e. The van der Waals surface area contributed by atoms with Crippen LogP contribution in [0.5, 0.6) is 0 Å². The molecule has 0 atom stereocenters. The SMILES string of the molecule is Cc1nn(C)cc1CNC(=O)c1cc([N+](=O)[O-])ccc1Br. The Morgan fingerprint density at radius 1 is 1.52 bits per heavy atom. The number of benzene rings is 1. The molecule has 0 radical (unpaired) electrons. The number of carbonyl (C=O) groups is 1. The monoisotopic (exact) mass is 352 g/mol. The van der Waals surface area contributed by atoms with Crippen LogP contribution in [0, 0.1) is 17.0 Å². The minimum absolute atomic E-state index is 0.124. The van der Waals surface area contributed by atoms with Crippen LogP contribution >= 0.6 is 15.9 Å². The fourth-order valence-corrected chi connectivity index (χ4v) is 2.32. The van der Waals surface area contributed by atoms with Crippen molar-refractivity contribution in [3.8, 4) is 0 Å². The van der Waals surface area contributed by atoms with Gasteiger partial charge in [-0.2, -0.15) is 5.10 Å². The molecule has 1 aromatic heterocycles. The van der Waals surface area contributed by atoms with Crippen molar-refractivity contribution in [2.24, 2.45) is 7.05 Å². The highest BCUT2D eigenvalue weighted by molar-refractivity contribution is 9.10. The Labute approximate surface area is 129 Å². The summed E-state index contributed by atoms with van der Waals surface area (Å²) >= 11 is 3.23. The summed E-state index contributed by atoms with van der Waals surface area (Å²) in [6, 6.07) is 4.07. The predicted octanol–water partition coefficient (Wildman–Crippen LogP) is 2.33. The summed E-state index contributed by atoms with van der Waals surface area (Å²) in [5, 5.41) is 17.7. The van der Waals surface area contributed by atoms with E-state index in [0.29, 0.717) is 11.0 Å². The Kier molecular flexibility index (Phi) is 4.37. The van der Waals surface area contributed by atoms with Crippen LogP contribution in [-0.2, 0) is 13.6 Å². The van der Waals surface area contributed by atoms with Gasteiger partial charge in [0.2, 0.25) is 0 Å². The van der Waals surface area contributed by atoms with E-state index in [1.54, 1.807) is 11.7 Å². The van der Waals surface area contributed by atoms with Crippen molar-refractivity contribution in [2.45, 2.75) is 13.5 Å². The fourth-order valence-electron chi connectivity index (χ4n) is 1.89. The highest BCUT2D eigenvalue weighted by Crippen LogP contribution is 2.22. The lowest BCUT2D eigenvalue weighted by atomic mass is 10.2. The second-order valence-corrected chi connectivity index (χ2v) is 5.37. The van der Waals surface area contributed by atoms with Gasteiger partial charge in [0.25, 0.3) is 11.6 Å². The second-order valence-electron chi connectivity index (χ2n) is 4.52. The molecular weight excluding hydrogens is 340 g/mol. The van der Waals surface area contributed by atoms with Gasteiger partial charge in [-0.1, -0.05) is 0 Å². The number of rotatable bonds is 4. The molecule has 0 aliphatic rings. The Morgan fingerprint density at radius 2 is 2.24 bits per heavy atom. The highest BCUT2D eigenvalue weighted by atomic mass is 79.9. The molecule has 110 valence electrons. The number of nitro groups is 1. The summed E-state index contributed by atoms with van der Waals surface area (Å²) in [5.74, 6) is -0.381. The normalized spacial score (nSPS) is 10.4. The standard InChI is InChI=1S/C13H13BrN4O3/c1-8-9(7-17(2)16-8)6-15-13(19)11-5-10(18(20)21)3-4-12(11)14/h3-5,7H,6H2,1-2H3,(H,15,19). The molecular formula is C13H13BrN4O3. The third kappa shape index (κ3) is 3.46. The Balaban J connectivity index is 2.15. The fraction of sp³-hybridized carbons (Fsp3) is 0.231. The number of non-ortho nitro benzene ring substituents is 1. The molecule has 1 aromatic carbocycles. The molecule has 1 amide bonds. The first kappa shape index (κ1) is 15.2. The summed E-state index contributed by atoms with van der Waals surface area (Å²) in [4.78, 5) is 22.4. The molecule has 1 N–H and O–H groups in total. The molecule has 0 saturated heterocycles. The van der Waals surface area contributed by atoms with Gasteiger partial charge in [-0.05, 0) is 28.9 Å². The minimum atomic E-state index is -0.533. The van der Waals surface area contributed by atoms with Crippen molar-refractivity contribution < 1.29 is 9.72 Å². The molecule has 0 spiro atoms. The van der Waals surface area contributed by atoms with Crippen LogP contribution in [-0.4, -0.2) is 20.6 Å². The summed E-state index contributed by atoms with van der Waals surface area (Å²) in [7, 11) is 1.80. The van der Waals surface area contributed by atoms with Gasteiger partial charge in [0, 0.05) is 42.0 Å². The van der Waals surface area contributed by atoms with E-state index in [1.165, 1.54) is 18.2 Å². The molecule has 2 aromatic rings. The summed E-state index contributed by atoms with van der Waals surface area (Å²) in [6.45, 7) is 2.17. The zero-order valence-corrected chi connectivity index (χ0v) is 13.0. The Bertz CT molecular complexity index is 711. The molecule has 0 aliphatic carbocycles. The van der Waals surface area contributed by atoms with Crippen LogP contribution in [0.25, 0.3) is 0 Å². The van der Waals surface area contributed by atoms with Gasteiger partial charge >= 0.3 is 0 Å². The van der Waals surface area contributed by atoms with Gasteiger partial charge in [-0.15, -0.1) is 0 Å². The van der Waals surface area contributed by atoms with E-state index >= 15 is 0 Å². The first-order valence-electron chi connectivity index (χ1n) is 6.09. The first-order valence-corrected chi connectivity index (χ1v) is 6.89. The van der Waals surface area contributed by atoms with E-state index in [9.17, 15) is 14.9 Å². The smallest absolute Gasteiger partial charge is 0.270 e. The molecule has 0 unspecified atom stereocenters. The van der Waals surface area contributed by atoms with Gasteiger partial charge in [0.05, 0.1) is 16.2 Å². The molecule has 2 rings (SSSR count). The van der Waals surface area contributed by atoms with E-state index in [0.717, 1.165) is 11.3 Å². The van der Waals surface area contributed by atoms with E-state index in [4.69, 9.17) is 0 Å². The van der Waals surface area contributed by atoms with Crippen LogP contribution in [0.4, 0.5) is 5.69 Å². The molecule has 7 nitrogen and oxygen atoms in total. The average molecular weight is 353 g/mol. The highest BCUT2D eigenvalue weighted by Gasteiger charge is 2.15.